The van der Waals surface area contributed by atoms with Gasteiger partial charge in [-0.2, -0.15) is 4.31 Å². The third kappa shape index (κ3) is 5.07. The SMILES string of the molecule is CN(Cc1ccccc1)S(=O)(=O)c1ccc(NC(=O)/C=C/c2ccc3c(c2)CCO3)cc1. The molecule has 0 aliphatic carbocycles. The van der Waals surface area contributed by atoms with Crippen molar-refractivity contribution in [1.82, 2.24) is 4.31 Å². The second kappa shape index (κ2) is 9.38. The van der Waals surface area contributed by atoms with E-state index in [1.165, 1.54) is 22.5 Å². The predicted octanol–water partition coefficient (Wildman–Crippen LogP) is 4.09. The second-order valence-corrected chi connectivity index (χ2v) is 9.60. The second-order valence-electron chi connectivity index (χ2n) is 7.56. The van der Waals surface area contributed by atoms with E-state index in [9.17, 15) is 13.2 Å². The number of fused-ring (bicyclic) bond motifs is 1. The van der Waals surface area contributed by atoms with Gasteiger partial charge < -0.3 is 10.1 Å². The van der Waals surface area contributed by atoms with Gasteiger partial charge in [-0.05, 0) is 59.2 Å². The van der Waals surface area contributed by atoms with Crippen LogP contribution in [0, 0.1) is 0 Å². The van der Waals surface area contributed by atoms with Gasteiger partial charge in [0.15, 0.2) is 0 Å². The Labute approximate surface area is 188 Å². The topological polar surface area (TPSA) is 75.7 Å². The summed E-state index contributed by atoms with van der Waals surface area (Å²) >= 11 is 0. The summed E-state index contributed by atoms with van der Waals surface area (Å²) in [6, 6.07) is 21.4. The van der Waals surface area contributed by atoms with Crippen LogP contribution in [0.25, 0.3) is 6.08 Å². The van der Waals surface area contributed by atoms with E-state index in [4.69, 9.17) is 4.74 Å². The summed E-state index contributed by atoms with van der Waals surface area (Å²) in [6.45, 7) is 0.970. The highest BCUT2D eigenvalue weighted by Crippen LogP contribution is 2.26. The van der Waals surface area contributed by atoms with Gasteiger partial charge in [-0.25, -0.2) is 8.42 Å². The highest BCUT2D eigenvalue weighted by Gasteiger charge is 2.20. The van der Waals surface area contributed by atoms with Gasteiger partial charge in [0, 0.05) is 31.8 Å². The van der Waals surface area contributed by atoms with E-state index in [-0.39, 0.29) is 17.3 Å². The van der Waals surface area contributed by atoms with Crippen LogP contribution in [0.4, 0.5) is 5.69 Å². The van der Waals surface area contributed by atoms with Crippen LogP contribution in [0.2, 0.25) is 0 Å². The molecule has 0 saturated carbocycles. The maximum absolute atomic E-state index is 12.8. The summed E-state index contributed by atoms with van der Waals surface area (Å²) in [6.07, 6.45) is 4.07. The normalized spacial score (nSPS) is 13.2. The molecule has 3 aromatic rings. The lowest BCUT2D eigenvalue weighted by Crippen LogP contribution is -2.26. The van der Waals surface area contributed by atoms with E-state index < -0.39 is 10.0 Å². The Morgan fingerprint density at radius 3 is 2.56 bits per heavy atom. The average Bonchev–Trinajstić information content (AvgIpc) is 3.27. The zero-order valence-electron chi connectivity index (χ0n) is 17.7. The highest BCUT2D eigenvalue weighted by molar-refractivity contribution is 7.89. The quantitative estimate of drug-likeness (QED) is 0.553. The van der Waals surface area contributed by atoms with Gasteiger partial charge in [0.1, 0.15) is 5.75 Å². The van der Waals surface area contributed by atoms with Gasteiger partial charge in [0.2, 0.25) is 15.9 Å². The summed E-state index contributed by atoms with van der Waals surface area (Å²) < 4.78 is 32.4. The van der Waals surface area contributed by atoms with Crippen molar-refractivity contribution < 1.29 is 17.9 Å². The van der Waals surface area contributed by atoms with Crippen molar-refractivity contribution in [2.45, 2.75) is 17.9 Å². The highest BCUT2D eigenvalue weighted by atomic mass is 32.2. The summed E-state index contributed by atoms with van der Waals surface area (Å²) in [5.74, 6) is 0.606. The van der Waals surface area contributed by atoms with E-state index in [1.807, 2.05) is 48.5 Å². The van der Waals surface area contributed by atoms with Crippen molar-refractivity contribution in [3.63, 3.8) is 0 Å². The first-order valence-corrected chi connectivity index (χ1v) is 11.7. The first-order valence-electron chi connectivity index (χ1n) is 10.3. The molecule has 0 radical (unpaired) electrons. The molecule has 32 heavy (non-hydrogen) atoms. The zero-order chi connectivity index (χ0) is 22.6. The van der Waals surface area contributed by atoms with Crippen molar-refractivity contribution in [1.29, 1.82) is 0 Å². The minimum atomic E-state index is -3.64. The van der Waals surface area contributed by atoms with Crippen molar-refractivity contribution in [2.24, 2.45) is 0 Å². The summed E-state index contributed by atoms with van der Waals surface area (Å²) in [5, 5.41) is 2.75. The molecule has 164 valence electrons. The van der Waals surface area contributed by atoms with Gasteiger partial charge in [0.05, 0.1) is 11.5 Å². The van der Waals surface area contributed by atoms with Gasteiger partial charge in [0.25, 0.3) is 0 Å². The molecule has 1 amide bonds. The molecule has 0 aromatic heterocycles. The number of hydrogen-bond donors (Lipinski definition) is 1. The number of hydrogen-bond acceptors (Lipinski definition) is 4. The fourth-order valence-corrected chi connectivity index (χ4v) is 4.64. The Kier molecular flexibility index (Phi) is 6.39. The Balaban J connectivity index is 1.38. The third-order valence-corrected chi connectivity index (χ3v) is 7.04. The molecule has 0 fully saturated rings. The third-order valence-electron chi connectivity index (χ3n) is 5.22. The molecule has 4 rings (SSSR count). The molecule has 3 aromatic carbocycles. The van der Waals surface area contributed by atoms with Gasteiger partial charge >= 0.3 is 0 Å². The molecule has 0 atom stereocenters. The average molecular weight is 449 g/mol. The molecule has 6 nitrogen and oxygen atoms in total. The number of nitrogens with zero attached hydrogens (tertiary/aromatic N) is 1. The summed E-state index contributed by atoms with van der Waals surface area (Å²) in [4.78, 5) is 12.4. The van der Waals surface area contributed by atoms with E-state index in [2.05, 4.69) is 5.32 Å². The van der Waals surface area contributed by atoms with Crippen LogP contribution in [0.15, 0.2) is 83.8 Å². The van der Waals surface area contributed by atoms with Crippen LogP contribution in [0.1, 0.15) is 16.7 Å². The number of ether oxygens (including phenoxy) is 1. The van der Waals surface area contributed by atoms with Crippen molar-refractivity contribution in [3.8, 4) is 5.75 Å². The number of carbonyl (C=O) groups excluding carboxylic acids is 1. The Hall–Kier alpha value is -3.42. The van der Waals surface area contributed by atoms with Crippen LogP contribution in [-0.4, -0.2) is 32.3 Å². The van der Waals surface area contributed by atoms with E-state index in [0.29, 0.717) is 12.3 Å². The Morgan fingerprint density at radius 1 is 1.06 bits per heavy atom. The number of anilines is 1. The van der Waals surface area contributed by atoms with Crippen LogP contribution in [0.3, 0.4) is 0 Å². The van der Waals surface area contributed by atoms with Crippen LogP contribution < -0.4 is 10.1 Å². The maximum atomic E-state index is 12.8. The lowest BCUT2D eigenvalue weighted by Gasteiger charge is -2.17. The minimum absolute atomic E-state index is 0.171. The molecule has 1 aliphatic rings. The van der Waals surface area contributed by atoms with Gasteiger partial charge in [-0.15, -0.1) is 0 Å². The number of nitrogens with one attached hydrogen (secondary N) is 1. The first kappa shape index (κ1) is 21.8. The zero-order valence-corrected chi connectivity index (χ0v) is 18.5. The molecule has 0 unspecified atom stereocenters. The van der Waals surface area contributed by atoms with E-state index in [0.717, 1.165) is 28.9 Å². The van der Waals surface area contributed by atoms with Gasteiger partial charge in [-0.3, -0.25) is 4.79 Å². The number of rotatable bonds is 7. The van der Waals surface area contributed by atoms with Crippen LogP contribution in [0.5, 0.6) is 5.75 Å². The predicted molar refractivity (Wildman–Crippen MR) is 125 cm³/mol. The molecule has 1 aliphatic heterocycles. The maximum Gasteiger partial charge on any atom is 0.248 e. The smallest absolute Gasteiger partial charge is 0.248 e. The van der Waals surface area contributed by atoms with E-state index in [1.54, 1.807) is 25.3 Å². The molecule has 0 bridgehead atoms. The van der Waals surface area contributed by atoms with Crippen LogP contribution >= 0.6 is 0 Å². The van der Waals surface area contributed by atoms with E-state index >= 15 is 0 Å². The van der Waals surface area contributed by atoms with Crippen molar-refractivity contribution in [2.75, 3.05) is 19.0 Å². The molecule has 1 heterocycles. The van der Waals surface area contributed by atoms with Crippen molar-refractivity contribution >= 4 is 27.7 Å². The fraction of sp³-hybridized carbons (Fsp3) is 0.160. The summed E-state index contributed by atoms with van der Waals surface area (Å²) in [7, 11) is -2.09. The first-order chi connectivity index (χ1) is 15.4. The largest absolute Gasteiger partial charge is 0.493 e. The Morgan fingerprint density at radius 2 is 1.81 bits per heavy atom. The minimum Gasteiger partial charge on any atom is -0.493 e. The Bertz CT molecular complexity index is 1240. The molecular weight excluding hydrogens is 424 g/mol. The number of amides is 1. The number of sulfonamides is 1. The number of benzene rings is 3. The molecular formula is C25H24N2O4S. The summed E-state index contributed by atoms with van der Waals surface area (Å²) in [5.41, 5.74) is 3.49. The molecule has 0 spiro atoms. The molecule has 0 saturated heterocycles. The fourth-order valence-electron chi connectivity index (χ4n) is 3.48. The molecule has 7 heteroatoms. The number of carbonyl (C=O) groups is 1. The lowest BCUT2D eigenvalue weighted by molar-refractivity contribution is -0.111. The van der Waals surface area contributed by atoms with Crippen LogP contribution in [-0.2, 0) is 27.8 Å². The standard InChI is InChI=1S/C25H24N2O4S/c1-27(18-20-5-3-2-4-6-20)32(29,30)23-11-9-22(10-12-23)26-25(28)14-8-19-7-13-24-21(17-19)15-16-31-24/h2-14,17H,15-16,18H2,1H3,(H,26,28)/b14-8+. The molecule has 1 N–H and O–H groups in total. The monoisotopic (exact) mass is 448 g/mol. The van der Waals surface area contributed by atoms with Gasteiger partial charge in [-0.1, -0.05) is 36.4 Å². The van der Waals surface area contributed by atoms with Crippen molar-refractivity contribution in [3.05, 3.63) is 95.6 Å². The lowest BCUT2D eigenvalue weighted by atomic mass is 10.1.